The van der Waals surface area contributed by atoms with Gasteiger partial charge in [0.15, 0.2) is 0 Å². The molecule has 1 heterocycles. The number of hydrogen-bond donors (Lipinski definition) is 1. The van der Waals surface area contributed by atoms with E-state index in [0.717, 1.165) is 4.47 Å². The molecule has 1 unspecified atom stereocenters. The van der Waals surface area contributed by atoms with Gasteiger partial charge >= 0.3 is 0 Å². The molecule has 0 saturated carbocycles. The summed E-state index contributed by atoms with van der Waals surface area (Å²) >= 11 is 3.32. The molecule has 0 aromatic heterocycles. The first-order valence-electron chi connectivity index (χ1n) is 8.62. The van der Waals surface area contributed by atoms with Gasteiger partial charge in [-0.2, -0.15) is 5.26 Å². The molecule has 28 heavy (non-hydrogen) atoms. The number of carbonyl (C=O) groups excluding carboxylic acids is 2. The third-order valence-corrected chi connectivity index (χ3v) is 4.93. The molecule has 0 radical (unpaired) electrons. The molecule has 1 amide bonds. The van der Waals surface area contributed by atoms with Gasteiger partial charge in [0.2, 0.25) is 0 Å². The maximum absolute atomic E-state index is 12.7. The number of hydrogen-bond acceptors (Lipinski definition) is 5. The van der Waals surface area contributed by atoms with Crippen LogP contribution in [0.2, 0.25) is 0 Å². The number of nitrogens with zero attached hydrogens (tertiary/aromatic N) is 2. The SMILES string of the molecule is CCOc1ccc(C2/C(=C(\O)c3ccc(Br)cc3)C(=O)C(=O)N2CC#N)cc1. The number of amides is 1. The van der Waals surface area contributed by atoms with E-state index in [9.17, 15) is 14.7 Å². The summed E-state index contributed by atoms with van der Waals surface area (Å²) in [6.07, 6.45) is 0. The van der Waals surface area contributed by atoms with Crippen molar-refractivity contribution in [3.63, 3.8) is 0 Å². The van der Waals surface area contributed by atoms with Crippen LogP contribution < -0.4 is 4.74 Å². The first-order valence-corrected chi connectivity index (χ1v) is 9.41. The van der Waals surface area contributed by atoms with Crippen LogP contribution in [0.4, 0.5) is 0 Å². The van der Waals surface area contributed by atoms with Gasteiger partial charge < -0.3 is 14.7 Å². The third-order valence-electron chi connectivity index (χ3n) is 4.41. The van der Waals surface area contributed by atoms with Crippen LogP contribution in [0.5, 0.6) is 5.75 Å². The van der Waals surface area contributed by atoms with Crippen LogP contribution in [0, 0.1) is 11.3 Å². The molecule has 1 aliphatic rings. The van der Waals surface area contributed by atoms with Crippen molar-refractivity contribution < 1.29 is 19.4 Å². The van der Waals surface area contributed by atoms with Crippen LogP contribution in [0.3, 0.4) is 0 Å². The molecule has 6 nitrogen and oxygen atoms in total. The molecule has 1 fully saturated rings. The second kappa shape index (κ2) is 8.28. The molecular weight excluding hydrogens is 424 g/mol. The molecule has 7 heteroatoms. The Kier molecular flexibility index (Phi) is 5.81. The fourth-order valence-corrected chi connectivity index (χ4v) is 3.41. The van der Waals surface area contributed by atoms with Crippen LogP contribution in [-0.4, -0.2) is 34.8 Å². The average Bonchev–Trinajstić information content (AvgIpc) is 2.94. The Labute approximate surface area is 170 Å². The van der Waals surface area contributed by atoms with Crippen molar-refractivity contribution in [2.24, 2.45) is 0 Å². The van der Waals surface area contributed by atoms with Gasteiger partial charge in [0.05, 0.1) is 24.3 Å². The van der Waals surface area contributed by atoms with E-state index in [1.807, 2.05) is 13.0 Å². The minimum atomic E-state index is -0.848. The van der Waals surface area contributed by atoms with Gasteiger partial charge in [-0.3, -0.25) is 9.59 Å². The van der Waals surface area contributed by atoms with E-state index in [2.05, 4.69) is 15.9 Å². The number of Topliss-reactive ketones (excluding diaryl/α,β-unsaturated/α-hetero) is 1. The van der Waals surface area contributed by atoms with Crippen molar-refractivity contribution in [1.82, 2.24) is 4.90 Å². The highest BCUT2D eigenvalue weighted by Gasteiger charge is 2.46. The number of halogens is 1. The number of ether oxygens (including phenoxy) is 1. The molecule has 0 aliphatic carbocycles. The molecule has 1 saturated heterocycles. The van der Waals surface area contributed by atoms with E-state index in [4.69, 9.17) is 10.00 Å². The smallest absolute Gasteiger partial charge is 0.296 e. The quantitative estimate of drug-likeness (QED) is 0.330. The highest BCUT2D eigenvalue weighted by Crippen LogP contribution is 2.39. The third kappa shape index (κ3) is 3.64. The van der Waals surface area contributed by atoms with Crippen LogP contribution in [-0.2, 0) is 9.59 Å². The van der Waals surface area contributed by atoms with Gasteiger partial charge in [-0.1, -0.05) is 40.2 Å². The van der Waals surface area contributed by atoms with Crippen LogP contribution in [0.15, 0.2) is 58.6 Å². The van der Waals surface area contributed by atoms with Crippen molar-refractivity contribution in [3.8, 4) is 11.8 Å². The molecule has 1 N–H and O–H groups in total. The van der Waals surface area contributed by atoms with Gasteiger partial charge in [-0.25, -0.2) is 0 Å². The lowest BCUT2D eigenvalue weighted by molar-refractivity contribution is -0.139. The lowest BCUT2D eigenvalue weighted by atomic mass is 9.95. The number of aliphatic hydroxyl groups excluding tert-OH is 1. The highest BCUT2D eigenvalue weighted by atomic mass is 79.9. The number of aliphatic hydroxyl groups is 1. The fourth-order valence-electron chi connectivity index (χ4n) is 3.14. The predicted molar refractivity (Wildman–Crippen MR) is 106 cm³/mol. The van der Waals surface area contributed by atoms with Gasteiger partial charge in [-0.05, 0) is 36.8 Å². The van der Waals surface area contributed by atoms with Crippen molar-refractivity contribution in [3.05, 3.63) is 69.7 Å². The zero-order chi connectivity index (χ0) is 20.3. The molecule has 3 rings (SSSR count). The zero-order valence-corrected chi connectivity index (χ0v) is 16.6. The lowest BCUT2D eigenvalue weighted by Gasteiger charge is -2.23. The number of benzene rings is 2. The molecule has 1 aliphatic heterocycles. The maximum Gasteiger partial charge on any atom is 0.296 e. The Balaban J connectivity index is 2.13. The fraction of sp³-hybridized carbons (Fsp3) is 0.190. The predicted octanol–water partition coefficient (Wildman–Crippen LogP) is 3.79. The van der Waals surface area contributed by atoms with E-state index in [1.165, 1.54) is 4.90 Å². The summed E-state index contributed by atoms with van der Waals surface area (Å²) in [6.45, 7) is 2.11. The summed E-state index contributed by atoms with van der Waals surface area (Å²) in [5, 5.41) is 19.9. The Morgan fingerprint density at radius 2 is 1.82 bits per heavy atom. The monoisotopic (exact) mass is 440 g/mol. The van der Waals surface area contributed by atoms with E-state index in [-0.39, 0.29) is 17.9 Å². The summed E-state index contributed by atoms with van der Waals surface area (Å²) in [5.74, 6) is -1.24. The summed E-state index contributed by atoms with van der Waals surface area (Å²) in [4.78, 5) is 26.3. The van der Waals surface area contributed by atoms with E-state index >= 15 is 0 Å². The number of carbonyl (C=O) groups is 2. The zero-order valence-electron chi connectivity index (χ0n) is 15.1. The first-order chi connectivity index (χ1) is 13.5. The van der Waals surface area contributed by atoms with Crippen molar-refractivity contribution in [2.75, 3.05) is 13.2 Å². The number of ketones is 1. The van der Waals surface area contributed by atoms with Crippen LogP contribution >= 0.6 is 15.9 Å². The summed E-state index contributed by atoms with van der Waals surface area (Å²) in [7, 11) is 0. The number of nitriles is 1. The number of likely N-dealkylation sites (tertiary alicyclic amines) is 1. The molecule has 1 atom stereocenters. The van der Waals surface area contributed by atoms with Gasteiger partial charge in [0, 0.05) is 10.0 Å². The summed E-state index contributed by atoms with van der Waals surface area (Å²) in [5.41, 5.74) is 0.984. The molecule has 0 spiro atoms. The van der Waals surface area contributed by atoms with Gasteiger partial charge in [-0.15, -0.1) is 0 Å². The first kappa shape index (κ1) is 19.6. The van der Waals surface area contributed by atoms with E-state index in [1.54, 1.807) is 48.5 Å². The second-order valence-electron chi connectivity index (χ2n) is 6.09. The van der Waals surface area contributed by atoms with Gasteiger partial charge in [0.1, 0.15) is 18.1 Å². The van der Waals surface area contributed by atoms with E-state index in [0.29, 0.717) is 23.5 Å². The lowest BCUT2D eigenvalue weighted by Crippen LogP contribution is -2.30. The maximum atomic E-state index is 12.7. The number of rotatable bonds is 5. The van der Waals surface area contributed by atoms with Crippen LogP contribution in [0.25, 0.3) is 5.76 Å². The Hall–Kier alpha value is -3.11. The molecule has 2 aromatic carbocycles. The largest absolute Gasteiger partial charge is 0.507 e. The van der Waals surface area contributed by atoms with Gasteiger partial charge in [0.25, 0.3) is 11.7 Å². The van der Waals surface area contributed by atoms with Crippen LogP contribution in [0.1, 0.15) is 24.1 Å². The minimum absolute atomic E-state index is 0.0354. The topological polar surface area (TPSA) is 90.6 Å². The normalized spacial score (nSPS) is 18.2. The summed E-state index contributed by atoms with van der Waals surface area (Å²) < 4.78 is 6.25. The average molecular weight is 441 g/mol. The standard InChI is InChI=1S/C21H17BrN2O4/c1-2-28-16-9-5-13(6-10-16)18-17(20(26)21(27)24(18)12-11-23)19(25)14-3-7-15(22)8-4-14/h3-10,18,25H,2,12H2,1H3/b19-17+. The Morgan fingerprint density at radius 3 is 2.39 bits per heavy atom. The molecule has 0 bridgehead atoms. The van der Waals surface area contributed by atoms with E-state index < -0.39 is 17.7 Å². The molecule has 2 aromatic rings. The molecular formula is C21H17BrN2O4. The molecule has 142 valence electrons. The summed E-state index contributed by atoms with van der Waals surface area (Å²) in [6, 6.07) is 14.7. The highest BCUT2D eigenvalue weighted by molar-refractivity contribution is 9.10. The second-order valence-corrected chi connectivity index (χ2v) is 7.01. The van der Waals surface area contributed by atoms with Crippen molar-refractivity contribution >= 4 is 33.4 Å². The van der Waals surface area contributed by atoms with Crippen molar-refractivity contribution in [1.29, 1.82) is 5.26 Å². The Morgan fingerprint density at radius 1 is 1.18 bits per heavy atom. The van der Waals surface area contributed by atoms with Crippen molar-refractivity contribution in [2.45, 2.75) is 13.0 Å². The minimum Gasteiger partial charge on any atom is -0.507 e. The Bertz CT molecular complexity index is 975.